The third-order valence-electron chi connectivity index (χ3n) is 2.49. The van der Waals surface area contributed by atoms with E-state index in [2.05, 4.69) is 17.0 Å². The topological polar surface area (TPSA) is 56.7 Å². The second-order valence-electron chi connectivity index (χ2n) is 3.67. The molecule has 16 heavy (non-hydrogen) atoms. The van der Waals surface area contributed by atoms with Gasteiger partial charge in [-0.25, -0.2) is 9.67 Å². The maximum Gasteiger partial charge on any atom is 0.141 e. The number of aryl methyl sites for hydroxylation is 2. The first-order chi connectivity index (χ1) is 7.50. The molecule has 0 aliphatic heterocycles. The first-order valence-corrected chi connectivity index (χ1v) is 6.12. The summed E-state index contributed by atoms with van der Waals surface area (Å²) in [6, 6.07) is 0.0115. The van der Waals surface area contributed by atoms with Crippen molar-refractivity contribution in [2.45, 2.75) is 26.8 Å². The summed E-state index contributed by atoms with van der Waals surface area (Å²) < 4.78 is 1.70. The van der Waals surface area contributed by atoms with Gasteiger partial charge in [-0.15, -0.1) is 11.3 Å². The Morgan fingerprint density at radius 1 is 1.50 bits per heavy atom. The van der Waals surface area contributed by atoms with Crippen LogP contribution in [0.4, 0.5) is 5.82 Å². The van der Waals surface area contributed by atoms with Crippen LogP contribution >= 0.6 is 22.9 Å². The highest BCUT2D eigenvalue weighted by Gasteiger charge is 2.18. The summed E-state index contributed by atoms with van der Waals surface area (Å²) in [7, 11) is 0. The van der Waals surface area contributed by atoms with Crippen molar-refractivity contribution < 1.29 is 0 Å². The zero-order valence-electron chi connectivity index (χ0n) is 9.36. The molecule has 0 aliphatic rings. The van der Waals surface area contributed by atoms with E-state index in [1.807, 2.05) is 13.8 Å². The summed E-state index contributed by atoms with van der Waals surface area (Å²) in [4.78, 5) is 5.69. The molecular weight excluding hydrogens is 244 g/mol. The van der Waals surface area contributed by atoms with Gasteiger partial charge in [0.25, 0.3) is 0 Å². The van der Waals surface area contributed by atoms with E-state index in [-0.39, 0.29) is 6.04 Å². The highest BCUT2D eigenvalue weighted by Crippen LogP contribution is 2.28. The van der Waals surface area contributed by atoms with Crippen molar-refractivity contribution in [3.63, 3.8) is 0 Å². The van der Waals surface area contributed by atoms with Gasteiger partial charge >= 0.3 is 0 Å². The minimum absolute atomic E-state index is 0.0115. The Labute approximate surface area is 103 Å². The van der Waals surface area contributed by atoms with Crippen LogP contribution in [0.3, 0.4) is 0 Å². The first kappa shape index (κ1) is 11.4. The molecule has 2 rings (SSSR count). The molecule has 0 spiro atoms. The quantitative estimate of drug-likeness (QED) is 0.899. The molecule has 1 unspecified atom stereocenters. The number of aromatic nitrogens is 3. The predicted octanol–water partition coefficient (Wildman–Crippen LogP) is 2.80. The molecule has 0 bridgehead atoms. The largest absolute Gasteiger partial charge is 0.383 e. The maximum atomic E-state index is 5.88. The fraction of sp³-hybridized carbons (Fsp3) is 0.400. The van der Waals surface area contributed by atoms with Gasteiger partial charge in [-0.05, 0) is 20.8 Å². The summed E-state index contributed by atoms with van der Waals surface area (Å²) >= 11 is 7.56. The summed E-state index contributed by atoms with van der Waals surface area (Å²) in [6.45, 7) is 6.06. The number of nitrogens with zero attached hydrogens (tertiary/aromatic N) is 3. The Morgan fingerprint density at radius 3 is 2.62 bits per heavy atom. The van der Waals surface area contributed by atoms with Crippen molar-refractivity contribution in [1.29, 1.82) is 0 Å². The van der Waals surface area contributed by atoms with Crippen molar-refractivity contribution in [3.8, 4) is 0 Å². The van der Waals surface area contributed by atoms with Crippen molar-refractivity contribution >= 4 is 28.8 Å². The van der Waals surface area contributed by atoms with Gasteiger partial charge in [-0.3, -0.25) is 0 Å². The third-order valence-corrected chi connectivity index (χ3v) is 3.68. The van der Waals surface area contributed by atoms with Crippen LogP contribution in [0.1, 0.15) is 28.5 Å². The number of anilines is 1. The number of nitrogen functional groups attached to an aromatic ring is 1. The van der Waals surface area contributed by atoms with Crippen molar-refractivity contribution in [2.24, 2.45) is 0 Å². The minimum atomic E-state index is 0.0115. The zero-order chi connectivity index (χ0) is 11.9. The molecule has 0 aliphatic carbocycles. The van der Waals surface area contributed by atoms with Crippen LogP contribution < -0.4 is 5.73 Å². The van der Waals surface area contributed by atoms with E-state index in [1.165, 1.54) is 4.88 Å². The molecule has 2 aromatic heterocycles. The van der Waals surface area contributed by atoms with Crippen LogP contribution in [0.25, 0.3) is 0 Å². The molecule has 0 fully saturated rings. The normalized spacial score (nSPS) is 13.0. The van der Waals surface area contributed by atoms with Gasteiger partial charge in [-0.1, -0.05) is 11.6 Å². The summed E-state index contributed by atoms with van der Waals surface area (Å²) in [5.74, 6) is 0.485. The zero-order valence-corrected chi connectivity index (χ0v) is 10.9. The summed E-state index contributed by atoms with van der Waals surface area (Å²) in [6.07, 6.45) is 1.56. The lowest BCUT2D eigenvalue weighted by molar-refractivity contribution is 0.559. The second kappa shape index (κ2) is 4.07. The fourth-order valence-corrected chi connectivity index (χ4v) is 2.75. The molecule has 0 amide bonds. The van der Waals surface area contributed by atoms with Crippen LogP contribution in [0.2, 0.25) is 5.02 Å². The Hall–Kier alpha value is -1.07. The Kier molecular flexibility index (Phi) is 2.90. The minimum Gasteiger partial charge on any atom is -0.383 e. The SMILES string of the molecule is Cc1nc(C(C)n2ncc(Cl)c2N)c(C)s1. The predicted molar refractivity (Wildman–Crippen MR) is 67.1 cm³/mol. The Morgan fingerprint density at radius 2 is 2.19 bits per heavy atom. The molecule has 86 valence electrons. The third kappa shape index (κ3) is 1.81. The summed E-state index contributed by atoms with van der Waals surface area (Å²) in [5, 5.41) is 5.70. The van der Waals surface area contributed by atoms with Crippen LogP contribution in [0.15, 0.2) is 6.20 Å². The summed E-state index contributed by atoms with van der Waals surface area (Å²) in [5.41, 5.74) is 6.85. The first-order valence-electron chi connectivity index (χ1n) is 4.93. The molecule has 0 saturated heterocycles. The van der Waals surface area contributed by atoms with Crippen molar-refractivity contribution in [3.05, 3.63) is 26.8 Å². The second-order valence-corrected chi connectivity index (χ2v) is 5.49. The standard InChI is InChI=1S/C10H13ClN4S/c1-5(9-6(2)16-7(3)14-9)15-10(12)8(11)4-13-15/h4-5H,12H2,1-3H3. The highest BCUT2D eigenvalue weighted by molar-refractivity contribution is 7.11. The number of rotatable bonds is 2. The number of nitrogens with two attached hydrogens (primary N) is 1. The van der Waals surface area contributed by atoms with Gasteiger partial charge < -0.3 is 5.73 Å². The molecule has 4 nitrogen and oxygen atoms in total. The molecule has 2 aromatic rings. The lowest BCUT2D eigenvalue weighted by atomic mass is 10.2. The number of hydrogen-bond donors (Lipinski definition) is 1. The van der Waals surface area contributed by atoms with E-state index in [4.69, 9.17) is 17.3 Å². The monoisotopic (exact) mass is 256 g/mol. The van der Waals surface area contributed by atoms with Gasteiger partial charge in [-0.2, -0.15) is 5.10 Å². The van der Waals surface area contributed by atoms with Gasteiger partial charge in [0, 0.05) is 4.88 Å². The Balaban J connectivity index is 2.42. The Bertz CT molecular complexity index is 515. The van der Waals surface area contributed by atoms with E-state index in [9.17, 15) is 0 Å². The van der Waals surface area contributed by atoms with E-state index in [0.717, 1.165) is 10.7 Å². The maximum absolute atomic E-state index is 5.88. The average molecular weight is 257 g/mol. The molecular formula is C10H13ClN4S. The molecule has 2 heterocycles. The number of halogens is 1. The molecule has 6 heteroatoms. The molecule has 2 N–H and O–H groups in total. The van der Waals surface area contributed by atoms with Gasteiger partial charge in [0.15, 0.2) is 0 Å². The van der Waals surface area contributed by atoms with E-state index in [0.29, 0.717) is 10.8 Å². The van der Waals surface area contributed by atoms with Crippen LogP contribution in [0, 0.1) is 13.8 Å². The number of hydrogen-bond acceptors (Lipinski definition) is 4. The molecule has 1 atom stereocenters. The fourth-order valence-electron chi connectivity index (χ4n) is 1.71. The lowest BCUT2D eigenvalue weighted by Crippen LogP contribution is -2.12. The van der Waals surface area contributed by atoms with Crippen LogP contribution in [0.5, 0.6) is 0 Å². The van der Waals surface area contributed by atoms with Gasteiger partial charge in [0.1, 0.15) is 10.8 Å². The molecule has 0 radical (unpaired) electrons. The molecule has 0 saturated carbocycles. The van der Waals surface area contributed by atoms with E-state index < -0.39 is 0 Å². The van der Waals surface area contributed by atoms with Crippen molar-refractivity contribution in [1.82, 2.24) is 14.8 Å². The van der Waals surface area contributed by atoms with Crippen LogP contribution in [-0.2, 0) is 0 Å². The number of thiazole rings is 1. The van der Waals surface area contributed by atoms with Crippen LogP contribution in [-0.4, -0.2) is 14.8 Å². The highest BCUT2D eigenvalue weighted by atomic mass is 35.5. The van der Waals surface area contributed by atoms with E-state index >= 15 is 0 Å². The average Bonchev–Trinajstić information content (AvgIpc) is 2.71. The van der Waals surface area contributed by atoms with Gasteiger partial charge in [0.2, 0.25) is 0 Å². The molecule has 0 aromatic carbocycles. The smallest absolute Gasteiger partial charge is 0.141 e. The van der Waals surface area contributed by atoms with Gasteiger partial charge in [0.05, 0.1) is 22.9 Å². The van der Waals surface area contributed by atoms with Crippen molar-refractivity contribution in [2.75, 3.05) is 5.73 Å². The lowest BCUT2D eigenvalue weighted by Gasteiger charge is -2.12. The van der Waals surface area contributed by atoms with E-state index in [1.54, 1.807) is 22.2 Å².